The van der Waals surface area contributed by atoms with Gasteiger partial charge in [0, 0.05) is 35.4 Å². The molecule has 0 saturated carbocycles. The fourth-order valence-corrected chi connectivity index (χ4v) is 6.51. The number of esters is 1. The Balaban J connectivity index is 1.67. The summed E-state index contributed by atoms with van der Waals surface area (Å²) in [6.07, 6.45) is 3.02. The van der Waals surface area contributed by atoms with E-state index in [1.807, 2.05) is 0 Å². The van der Waals surface area contributed by atoms with Gasteiger partial charge in [-0.2, -0.15) is 0 Å². The van der Waals surface area contributed by atoms with Crippen LogP contribution in [-0.4, -0.2) is 32.6 Å². The number of nitrogens with one attached hydrogen (secondary N) is 1. The van der Waals surface area contributed by atoms with E-state index in [4.69, 9.17) is 9.72 Å². The molecule has 0 spiro atoms. The van der Waals surface area contributed by atoms with Crippen LogP contribution in [0.15, 0.2) is 29.6 Å². The van der Waals surface area contributed by atoms with Crippen molar-refractivity contribution in [3.8, 4) is 11.4 Å². The van der Waals surface area contributed by atoms with Crippen LogP contribution in [0.3, 0.4) is 0 Å². The number of ether oxygens (including phenoxy) is 1. The maximum atomic E-state index is 15.0. The summed E-state index contributed by atoms with van der Waals surface area (Å²) < 4.78 is 21.8. The molecule has 3 aromatic rings. The molecule has 2 N–H and O–H groups in total. The fourth-order valence-electron chi connectivity index (χ4n) is 6.51. The first-order chi connectivity index (χ1) is 18.1. The number of carbonyl (C=O) groups is 2. The number of fused-ring (bicyclic) bond motifs is 5. The number of nitrogens with zero attached hydrogens (tertiary/aromatic N) is 2. The van der Waals surface area contributed by atoms with E-state index in [1.165, 1.54) is 13.0 Å². The number of halogens is 1. The van der Waals surface area contributed by atoms with Crippen molar-refractivity contribution in [1.29, 1.82) is 0 Å². The summed E-state index contributed by atoms with van der Waals surface area (Å²) in [5.74, 6) is -1.49. The normalized spacial score (nSPS) is 21.8. The molecule has 8 nitrogen and oxygen atoms in total. The lowest BCUT2D eigenvalue weighted by molar-refractivity contribution is -0.172. The third-order valence-corrected chi connectivity index (χ3v) is 8.48. The summed E-state index contributed by atoms with van der Waals surface area (Å²) in [5, 5.41) is 15.0. The van der Waals surface area contributed by atoms with Crippen LogP contribution in [0.2, 0.25) is 0 Å². The first kappa shape index (κ1) is 24.5. The number of cyclic esters (lactones) is 1. The van der Waals surface area contributed by atoms with Crippen molar-refractivity contribution in [2.24, 2.45) is 0 Å². The first-order valence-electron chi connectivity index (χ1n) is 12.8. The Labute approximate surface area is 218 Å². The molecule has 196 valence electrons. The summed E-state index contributed by atoms with van der Waals surface area (Å²) in [7, 11) is 0. The minimum atomic E-state index is -1.94. The summed E-state index contributed by atoms with van der Waals surface area (Å²) in [4.78, 5) is 43.1. The van der Waals surface area contributed by atoms with Crippen LogP contribution in [0.1, 0.15) is 66.0 Å². The molecule has 1 amide bonds. The van der Waals surface area contributed by atoms with Gasteiger partial charge in [-0.05, 0) is 48.9 Å². The van der Waals surface area contributed by atoms with Gasteiger partial charge in [-0.15, -0.1) is 6.58 Å². The smallest absolute Gasteiger partial charge is 0.343 e. The number of aliphatic hydroxyl groups is 1. The van der Waals surface area contributed by atoms with E-state index in [1.54, 1.807) is 30.6 Å². The lowest BCUT2D eigenvalue weighted by Gasteiger charge is -2.33. The SMILES string of the molecule is C=C[C@H](NC(C)=O)[C@@H]1CCc2c(C)c(F)cc3nc4c(c1c23)Cn1c-4cc2c(c1=O)COC(=O)[C@]2(O)CC. The van der Waals surface area contributed by atoms with Crippen LogP contribution in [0.5, 0.6) is 0 Å². The van der Waals surface area contributed by atoms with E-state index in [0.717, 1.165) is 22.1 Å². The van der Waals surface area contributed by atoms with Crippen molar-refractivity contribution >= 4 is 22.8 Å². The summed E-state index contributed by atoms with van der Waals surface area (Å²) in [6, 6.07) is 2.70. The quantitative estimate of drug-likeness (QED) is 0.318. The first-order valence-corrected chi connectivity index (χ1v) is 12.8. The predicted molar refractivity (Wildman–Crippen MR) is 138 cm³/mol. The number of hydrogen-bond donors (Lipinski definition) is 2. The number of aromatic nitrogens is 2. The van der Waals surface area contributed by atoms with Crippen molar-refractivity contribution in [2.75, 3.05) is 0 Å². The Morgan fingerprint density at radius 3 is 2.82 bits per heavy atom. The summed E-state index contributed by atoms with van der Waals surface area (Å²) >= 11 is 0. The largest absolute Gasteiger partial charge is 0.458 e. The van der Waals surface area contributed by atoms with Gasteiger partial charge in [-0.1, -0.05) is 13.0 Å². The van der Waals surface area contributed by atoms with Crippen molar-refractivity contribution in [1.82, 2.24) is 14.9 Å². The van der Waals surface area contributed by atoms with E-state index in [-0.39, 0.29) is 59.9 Å². The predicted octanol–water partition coefficient (Wildman–Crippen LogP) is 3.25. The average Bonchev–Trinajstić information content (AvgIpc) is 3.27. The van der Waals surface area contributed by atoms with E-state index in [9.17, 15) is 19.5 Å². The fraction of sp³-hybridized carbons (Fsp3) is 0.379. The molecule has 4 heterocycles. The number of benzene rings is 1. The monoisotopic (exact) mass is 517 g/mol. The molecule has 3 aliphatic rings. The van der Waals surface area contributed by atoms with Crippen LogP contribution in [0.4, 0.5) is 4.39 Å². The van der Waals surface area contributed by atoms with Crippen LogP contribution in [0.25, 0.3) is 22.3 Å². The molecule has 1 aromatic carbocycles. The number of hydrogen-bond acceptors (Lipinski definition) is 6. The number of carbonyl (C=O) groups excluding carboxylic acids is 2. The van der Waals surface area contributed by atoms with E-state index >= 15 is 4.39 Å². The van der Waals surface area contributed by atoms with E-state index in [2.05, 4.69) is 11.9 Å². The number of pyridine rings is 2. The van der Waals surface area contributed by atoms with Gasteiger partial charge in [0.15, 0.2) is 5.60 Å². The van der Waals surface area contributed by atoms with Gasteiger partial charge in [0.05, 0.1) is 35.1 Å². The summed E-state index contributed by atoms with van der Waals surface area (Å²) in [6.45, 7) is 8.83. The maximum Gasteiger partial charge on any atom is 0.343 e. The van der Waals surface area contributed by atoms with Crippen molar-refractivity contribution in [2.45, 2.75) is 70.7 Å². The lowest BCUT2D eigenvalue weighted by atomic mass is 9.75. The molecular weight excluding hydrogens is 489 g/mol. The topological polar surface area (TPSA) is 111 Å². The minimum Gasteiger partial charge on any atom is -0.458 e. The molecule has 0 unspecified atom stereocenters. The van der Waals surface area contributed by atoms with Gasteiger partial charge in [0.2, 0.25) is 5.91 Å². The molecule has 0 fully saturated rings. The molecule has 9 heteroatoms. The number of aryl methyl sites for hydroxylation is 1. The van der Waals surface area contributed by atoms with Crippen molar-refractivity contribution in [3.05, 3.63) is 74.3 Å². The van der Waals surface area contributed by atoms with Crippen LogP contribution in [-0.2, 0) is 39.5 Å². The molecular formula is C29H28FN3O5. The average molecular weight is 518 g/mol. The summed E-state index contributed by atoms with van der Waals surface area (Å²) in [5.41, 5.74) is 2.81. The molecule has 0 bridgehead atoms. The molecule has 1 aliphatic carbocycles. The van der Waals surface area contributed by atoms with E-state index in [0.29, 0.717) is 35.3 Å². The Morgan fingerprint density at radius 2 is 2.13 bits per heavy atom. The minimum absolute atomic E-state index is 0.0403. The lowest BCUT2D eigenvalue weighted by Crippen LogP contribution is -2.44. The van der Waals surface area contributed by atoms with Crippen molar-refractivity contribution < 1.29 is 23.8 Å². The third kappa shape index (κ3) is 3.17. The zero-order valence-corrected chi connectivity index (χ0v) is 21.5. The van der Waals surface area contributed by atoms with Crippen LogP contribution in [0, 0.1) is 12.7 Å². The van der Waals surface area contributed by atoms with Crippen LogP contribution >= 0.6 is 0 Å². The maximum absolute atomic E-state index is 15.0. The van der Waals surface area contributed by atoms with Gasteiger partial charge < -0.3 is 19.7 Å². The number of rotatable bonds is 4. The molecule has 2 aliphatic heterocycles. The second kappa shape index (κ2) is 8.33. The molecule has 2 aromatic heterocycles. The Hall–Kier alpha value is -3.85. The highest BCUT2D eigenvalue weighted by Gasteiger charge is 2.46. The highest BCUT2D eigenvalue weighted by atomic mass is 19.1. The number of amides is 1. The Bertz CT molecular complexity index is 1660. The highest BCUT2D eigenvalue weighted by Crippen LogP contribution is 2.47. The standard InChI is InChI=1S/C29H28FN3O5/c1-5-21(31-14(4)34)16-8-7-15-13(3)20(30)10-22-25(15)24(16)17-11-33-23(26(17)32-22)9-19-18(27(33)35)12-38-28(36)29(19,37)6-2/h5,9-10,16,21,37H,1,6-8,11-12H2,2-4H3,(H,31,34)/t16-,21-,29-/m0/s1. The zero-order valence-electron chi connectivity index (χ0n) is 21.5. The molecule has 3 atom stereocenters. The van der Waals surface area contributed by atoms with Crippen LogP contribution < -0.4 is 10.9 Å². The molecule has 0 saturated heterocycles. The molecule has 0 radical (unpaired) electrons. The highest BCUT2D eigenvalue weighted by molar-refractivity contribution is 5.93. The van der Waals surface area contributed by atoms with Crippen molar-refractivity contribution in [3.63, 3.8) is 0 Å². The van der Waals surface area contributed by atoms with Gasteiger partial charge in [-0.25, -0.2) is 14.2 Å². The second-order valence-electron chi connectivity index (χ2n) is 10.4. The Kier molecular flexibility index (Phi) is 5.36. The van der Waals surface area contributed by atoms with Gasteiger partial charge in [0.1, 0.15) is 12.4 Å². The van der Waals surface area contributed by atoms with Gasteiger partial charge in [-0.3, -0.25) is 9.59 Å². The van der Waals surface area contributed by atoms with Gasteiger partial charge in [0.25, 0.3) is 5.56 Å². The Morgan fingerprint density at radius 1 is 1.37 bits per heavy atom. The van der Waals surface area contributed by atoms with E-state index < -0.39 is 11.6 Å². The molecule has 6 rings (SSSR count). The molecule has 38 heavy (non-hydrogen) atoms. The third-order valence-electron chi connectivity index (χ3n) is 8.48. The zero-order chi connectivity index (χ0) is 27.1. The van der Waals surface area contributed by atoms with Gasteiger partial charge >= 0.3 is 5.97 Å². The second-order valence-corrected chi connectivity index (χ2v) is 10.4.